The van der Waals surface area contributed by atoms with Crippen molar-refractivity contribution in [3.8, 4) is 17.2 Å². The van der Waals surface area contributed by atoms with Crippen LogP contribution in [0.4, 0.5) is 0 Å². The topological polar surface area (TPSA) is 48.0 Å². The lowest BCUT2D eigenvalue weighted by Gasteiger charge is -2.25. The molecule has 0 saturated carbocycles. The molecule has 3 aromatic rings. The van der Waals surface area contributed by atoms with Crippen molar-refractivity contribution in [1.29, 1.82) is 0 Å². The second-order valence-electron chi connectivity index (χ2n) is 7.18. The molecule has 1 aliphatic heterocycles. The number of para-hydroxylation sites is 1. The summed E-state index contributed by atoms with van der Waals surface area (Å²) in [6.45, 7) is 0.961. The molecule has 1 unspecified atom stereocenters. The third-order valence-corrected chi connectivity index (χ3v) is 6.47. The first-order chi connectivity index (χ1) is 15.2. The summed E-state index contributed by atoms with van der Waals surface area (Å²) in [6, 6.07) is 23.7. The highest BCUT2D eigenvalue weighted by molar-refractivity contribution is 8.00. The van der Waals surface area contributed by atoms with Gasteiger partial charge in [-0.1, -0.05) is 54.6 Å². The zero-order valence-electron chi connectivity index (χ0n) is 17.6. The lowest BCUT2D eigenvalue weighted by molar-refractivity contribution is -0.128. The van der Waals surface area contributed by atoms with E-state index in [1.54, 1.807) is 26.0 Å². The predicted octanol–water partition coefficient (Wildman–Crippen LogP) is 5.06. The van der Waals surface area contributed by atoms with Gasteiger partial charge < -0.3 is 19.1 Å². The van der Waals surface area contributed by atoms with Gasteiger partial charge in [0.05, 0.1) is 26.5 Å². The molecular formula is C25H25NO4S. The van der Waals surface area contributed by atoms with Crippen molar-refractivity contribution in [2.45, 2.75) is 18.5 Å². The van der Waals surface area contributed by atoms with Gasteiger partial charge in [0, 0.05) is 5.56 Å². The van der Waals surface area contributed by atoms with Crippen LogP contribution in [0.2, 0.25) is 0 Å². The third-order valence-electron chi connectivity index (χ3n) is 5.21. The van der Waals surface area contributed by atoms with E-state index in [4.69, 9.17) is 14.2 Å². The molecule has 0 radical (unpaired) electrons. The highest BCUT2D eigenvalue weighted by Gasteiger charge is 2.33. The van der Waals surface area contributed by atoms with Crippen LogP contribution in [0.3, 0.4) is 0 Å². The summed E-state index contributed by atoms with van der Waals surface area (Å²) in [5.74, 6) is 2.69. The number of rotatable bonds is 8. The minimum atomic E-state index is -0.0884. The number of ether oxygens (including phenoxy) is 3. The van der Waals surface area contributed by atoms with Crippen LogP contribution in [-0.4, -0.2) is 30.8 Å². The molecule has 3 aromatic carbocycles. The SMILES string of the molecule is COc1ccccc1CN1C(=O)CSC1c1ccc(OCc2ccccc2)c(OC)c1. The summed E-state index contributed by atoms with van der Waals surface area (Å²) in [4.78, 5) is 14.5. The van der Waals surface area contributed by atoms with Crippen molar-refractivity contribution in [3.05, 3.63) is 89.5 Å². The quantitative estimate of drug-likeness (QED) is 0.495. The number of nitrogens with zero attached hydrogens (tertiary/aromatic N) is 1. The highest BCUT2D eigenvalue weighted by Crippen LogP contribution is 2.43. The molecule has 0 N–H and O–H groups in total. The van der Waals surface area contributed by atoms with Gasteiger partial charge in [0.15, 0.2) is 11.5 Å². The van der Waals surface area contributed by atoms with Gasteiger partial charge in [-0.05, 0) is 29.3 Å². The molecule has 160 valence electrons. The van der Waals surface area contributed by atoms with Crippen LogP contribution in [0.5, 0.6) is 17.2 Å². The molecule has 1 amide bonds. The minimum absolute atomic E-state index is 0.0884. The first-order valence-corrected chi connectivity index (χ1v) is 11.1. The van der Waals surface area contributed by atoms with Crippen LogP contribution in [0, 0.1) is 0 Å². The molecule has 0 aromatic heterocycles. The van der Waals surface area contributed by atoms with Crippen molar-refractivity contribution in [3.63, 3.8) is 0 Å². The van der Waals surface area contributed by atoms with Gasteiger partial charge in [0.25, 0.3) is 0 Å². The van der Waals surface area contributed by atoms with Crippen LogP contribution >= 0.6 is 11.8 Å². The molecule has 4 rings (SSSR count). The number of methoxy groups -OCH3 is 2. The largest absolute Gasteiger partial charge is 0.496 e. The maximum absolute atomic E-state index is 12.7. The average molecular weight is 436 g/mol. The van der Waals surface area contributed by atoms with E-state index in [2.05, 4.69) is 0 Å². The third kappa shape index (κ3) is 4.80. The van der Waals surface area contributed by atoms with E-state index in [0.29, 0.717) is 30.4 Å². The molecule has 1 fully saturated rings. The number of carbonyl (C=O) groups excluding carboxylic acids is 1. The van der Waals surface area contributed by atoms with Crippen molar-refractivity contribution in [2.24, 2.45) is 0 Å². The highest BCUT2D eigenvalue weighted by atomic mass is 32.2. The zero-order chi connectivity index (χ0) is 21.6. The lowest BCUT2D eigenvalue weighted by Crippen LogP contribution is -2.27. The fraction of sp³-hybridized carbons (Fsp3) is 0.240. The van der Waals surface area contributed by atoms with Gasteiger partial charge in [-0.25, -0.2) is 0 Å². The standard InChI is InChI=1S/C25H25NO4S/c1-28-21-11-7-6-10-20(21)15-26-24(27)17-31-25(26)19-12-13-22(23(14-19)29-2)30-16-18-8-4-3-5-9-18/h3-14,25H,15-17H2,1-2H3. The molecule has 1 aliphatic rings. The number of thioether (sulfide) groups is 1. The second kappa shape index (κ2) is 9.79. The van der Waals surface area contributed by atoms with Crippen LogP contribution in [0.25, 0.3) is 0 Å². The summed E-state index contributed by atoms with van der Waals surface area (Å²) in [7, 11) is 3.28. The Labute approximate surface area is 186 Å². The second-order valence-corrected chi connectivity index (χ2v) is 8.25. The Balaban J connectivity index is 1.54. The van der Waals surface area contributed by atoms with Gasteiger partial charge in [0.2, 0.25) is 5.91 Å². The Kier molecular flexibility index (Phi) is 6.67. The Morgan fingerprint density at radius 3 is 2.42 bits per heavy atom. The van der Waals surface area contributed by atoms with Crippen LogP contribution < -0.4 is 14.2 Å². The Hall–Kier alpha value is -3.12. The van der Waals surface area contributed by atoms with Crippen LogP contribution in [0.1, 0.15) is 22.1 Å². The maximum atomic E-state index is 12.7. The summed E-state index contributed by atoms with van der Waals surface area (Å²) in [6.07, 6.45) is 0. The number of hydrogen-bond donors (Lipinski definition) is 0. The van der Waals surface area contributed by atoms with Gasteiger partial charge in [-0.2, -0.15) is 0 Å². The smallest absolute Gasteiger partial charge is 0.234 e. The summed E-state index contributed by atoms with van der Waals surface area (Å²) < 4.78 is 17.0. The summed E-state index contributed by atoms with van der Waals surface area (Å²) in [5, 5.41) is -0.0884. The monoisotopic (exact) mass is 435 g/mol. The van der Waals surface area contributed by atoms with Crippen LogP contribution in [-0.2, 0) is 17.9 Å². The van der Waals surface area contributed by atoms with Crippen molar-refractivity contribution in [2.75, 3.05) is 20.0 Å². The van der Waals surface area contributed by atoms with E-state index >= 15 is 0 Å². The predicted molar refractivity (Wildman–Crippen MR) is 123 cm³/mol. The number of amides is 1. The van der Waals surface area contributed by atoms with Gasteiger partial charge in [-0.15, -0.1) is 11.8 Å². The Morgan fingerprint density at radius 1 is 0.903 bits per heavy atom. The van der Waals surface area contributed by atoms with E-state index in [1.807, 2.05) is 77.7 Å². The molecule has 1 heterocycles. The summed E-state index contributed by atoms with van der Waals surface area (Å²) in [5.41, 5.74) is 3.09. The number of benzene rings is 3. The van der Waals surface area contributed by atoms with Crippen LogP contribution in [0.15, 0.2) is 72.8 Å². The first kappa shape index (κ1) is 21.1. The Bertz CT molecular complexity index is 1040. The minimum Gasteiger partial charge on any atom is -0.496 e. The van der Waals surface area contributed by atoms with E-state index < -0.39 is 0 Å². The molecule has 0 spiro atoms. The van der Waals surface area contributed by atoms with Gasteiger partial charge >= 0.3 is 0 Å². The van der Waals surface area contributed by atoms with E-state index in [0.717, 1.165) is 22.4 Å². The zero-order valence-corrected chi connectivity index (χ0v) is 18.4. The Morgan fingerprint density at radius 2 is 1.65 bits per heavy atom. The first-order valence-electron chi connectivity index (χ1n) is 10.1. The van der Waals surface area contributed by atoms with E-state index in [-0.39, 0.29) is 11.3 Å². The number of carbonyl (C=O) groups is 1. The average Bonchev–Trinajstić information content (AvgIpc) is 3.18. The molecule has 0 aliphatic carbocycles. The van der Waals surface area contributed by atoms with Gasteiger partial charge in [0.1, 0.15) is 17.7 Å². The van der Waals surface area contributed by atoms with E-state index in [1.165, 1.54) is 0 Å². The number of hydrogen-bond acceptors (Lipinski definition) is 5. The molecule has 1 atom stereocenters. The van der Waals surface area contributed by atoms with Crippen molar-refractivity contribution >= 4 is 17.7 Å². The molecule has 0 bridgehead atoms. The van der Waals surface area contributed by atoms with Gasteiger partial charge in [-0.3, -0.25) is 4.79 Å². The molecule has 1 saturated heterocycles. The fourth-order valence-corrected chi connectivity index (χ4v) is 4.79. The van der Waals surface area contributed by atoms with Crippen molar-refractivity contribution in [1.82, 2.24) is 4.90 Å². The molecular weight excluding hydrogens is 410 g/mol. The molecule has 6 heteroatoms. The maximum Gasteiger partial charge on any atom is 0.234 e. The van der Waals surface area contributed by atoms with Crippen molar-refractivity contribution < 1.29 is 19.0 Å². The molecule has 31 heavy (non-hydrogen) atoms. The molecule has 5 nitrogen and oxygen atoms in total. The lowest BCUT2D eigenvalue weighted by atomic mass is 10.1. The summed E-state index contributed by atoms with van der Waals surface area (Å²) >= 11 is 1.62. The van der Waals surface area contributed by atoms with E-state index in [9.17, 15) is 4.79 Å². The normalized spacial score (nSPS) is 15.7. The fourth-order valence-electron chi connectivity index (χ4n) is 3.61.